The van der Waals surface area contributed by atoms with E-state index >= 15 is 0 Å². The Balaban J connectivity index is 2.08. The lowest BCUT2D eigenvalue weighted by Crippen LogP contribution is -2.23. The van der Waals surface area contributed by atoms with Crippen molar-refractivity contribution in [3.05, 3.63) is 46.2 Å². The Morgan fingerprint density at radius 2 is 2.29 bits per heavy atom. The van der Waals surface area contributed by atoms with E-state index in [0.717, 1.165) is 11.4 Å². The van der Waals surface area contributed by atoms with Crippen LogP contribution in [-0.2, 0) is 17.8 Å². The molecule has 0 aliphatic heterocycles. The fourth-order valence-electron chi connectivity index (χ4n) is 2.11. The van der Waals surface area contributed by atoms with Crippen molar-refractivity contribution >= 4 is 17.0 Å². The molecule has 0 fully saturated rings. The van der Waals surface area contributed by atoms with Crippen molar-refractivity contribution in [2.75, 3.05) is 32.2 Å². The average Bonchev–Trinajstić information content (AvgIpc) is 2.97. The number of halogens is 1. The van der Waals surface area contributed by atoms with E-state index < -0.39 is 0 Å². The van der Waals surface area contributed by atoms with E-state index in [9.17, 15) is 4.39 Å². The third-order valence-electron chi connectivity index (χ3n) is 3.17. The molecule has 0 unspecified atom stereocenters. The van der Waals surface area contributed by atoms with Crippen LogP contribution in [0.3, 0.4) is 0 Å². The van der Waals surface area contributed by atoms with Gasteiger partial charge < -0.3 is 15.0 Å². The second kappa shape index (κ2) is 8.07. The lowest BCUT2D eigenvalue weighted by molar-refractivity contribution is 0.199. The molecule has 1 aromatic carbocycles. The molecule has 0 amide bonds. The fourth-order valence-corrected chi connectivity index (χ4v) is 2.66. The number of hydrogen-bond acceptors (Lipinski definition) is 5. The predicted molar refractivity (Wildman–Crippen MR) is 84.2 cm³/mol. The quantitative estimate of drug-likeness (QED) is 0.761. The molecule has 1 aromatic heterocycles. The van der Waals surface area contributed by atoms with E-state index in [4.69, 9.17) is 4.74 Å². The first-order valence-corrected chi connectivity index (χ1v) is 7.72. The summed E-state index contributed by atoms with van der Waals surface area (Å²) in [5, 5.41) is 5.20. The Bertz CT molecular complexity index is 548. The van der Waals surface area contributed by atoms with Gasteiger partial charge in [0.2, 0.25) is 0 Å². The molecule has 0 saturated heterocycles. The number of aromatic nitrogens is 1. The molecular weight excluding hydrogens is 289 g/mol. The maximum atomic E-state index is 14.1. The Morgan fingerprint density at radius 3 is 3.00 bits per heavy atom. The second-order valence-electron chi connectivity index (χ2n) is 4.74. The van der Waals surface area contributed by atoms with Crippen LogP contribution in [0, 0.1) is 5.82 Å². The van der Waals surface area contributed by atoms with Crippen LogP contribution in [0.15, 0.2) is 29.1 Å². The number of thiazole rings is 1. The minimum atomic E-state index is -0.192. The van der Waals surface area contributed by atoms with E-state index in [1.165, 1.54) is 6.07 Å². The summed E-state index contributed by atoms with van der Waals surface area (Å²) in [6.45, 7) is 2.45. The van der Waals surface area contributed by atoms with Gasteiger partial charge in [-0.2, -0.15) is 0 Å². The predicted octanol–water partition coefficient (Wildman–Crippen LogP) is 2.65. The van der Waals surface area contributed by atoms with Crippen LogP contribution < -0.4 is 10.2 Å². The van der Waals surface area contributed by atoms with Gasteiger partial charge in [-0.05, 0) is 12.1 Å². The molecule has 1 N–H and O–H groups in total. The summed E-state index contributed by atoms with van der Waals surface area (Å²) in [7, 11) is 3.60. The molecule has 114 valence electrons. The number of benzene rings is 1. The smallest absolute Gasteiger partial charge is 0.129 e. The average molecular weight is 309 g/mol. The Labute approximate surface area is 128 Å². The SMILES string of the molecule is COCCNCc1c(F)cccc1N(C)Cc1cscn1. The number of anilines is 1. The number of ether oxygens (including phenoxy) is 1. The highest BCUT2D eigenvalue weighted by Gasteiger charge is 2.12. The standard InChI is InChI=1S/C15H20FN3OS/c1-19(9-12-10-21-11-18-12)15-5-3-4-14(16)13(15)8-17-6-7-20-2/h3-5,10-11,17H,6-9H2,1-2H3. The van der Waals surface area contributed by atoms with Gasteiger partial charge in [-0.25, -0.2) is 9.37 Å². The lowest BCUT2D eigenvalue weighted by atomic mass is 10.1. The molecule has 2 rings (SSSR count). The van der Waals surface area contributed by atoms with Crippen molar-refractivity contribution in [1.29, 1.82) is 0 Å². The summed E-state index contributed by atoms with van der Waals surface area (Å²) < 4.78 is 19.1. The van der Waals surface area contributed by atoms with Crippen LogP contribution in [-0.4, -0.2) is 32.3 Å². The highest BCUT2D eigenvalue weighted by atomic mass is 32.1. The largest absolute Gasteiger partial charge is 0.383 e. The Kier molecular flexibility index (Phi) is 6.10. The molecule has 0 aliphatic carbocycles. The van der Waals surface area contributed by atoms with E-state index in [-0.39, 0.29) is 5.82 Å². The minimum absolute atomic E-state index is 0.192. The molecular formula is C15H20FN3OS. The topological polar surface area (TPSA) is 37.4 Å². The van der Waals surface area contributed by atoms with Gasteiger partial charge in [0.1, 0.15) is 5.82 Å². The van der Waals surface area contributed by atoms with Crippen LogP contribution in [0.4, 0.5) is 10.1 Å². The molecule has 6 heteroatoms. The molecule has 0 aliphatic rings. The first-order chi connectivity index (χ1) is 10.2. The molecule has 0 atom stereocenters. The second-order valence-corrected chi connectivity index (χ2v) is 5.46. The molecule has 0 radical (unpaired) electrons. The van der Waals surface area contributed by atoms with Gasteiger partial charge in [-0.1, -0.05) is 6.07 Å². The first kappa shape index (κ1) is 15.9. The van der Waals surface area contributed by atoms with Crippen LogP contribution >= 0.6 is 11.3 Å². The molecule has 0 bridgehead atoms. The van der Waals surface area contributed by atoms with Crippen LogP contribution in [0.1, 0.15) is 11.3 Å². The van der Waals surface area contributed by atoms with Crippen LogP contribution in [0.5, 0.6) is 0 Å². The summed E-state index contributed by atoms with van der Waals surface area (Å²) in [4.78, 5) is 6.29. The molecule has 21 heavy (non-hydrogen) atoms. The minimum Gasteiger partial charge on any atom is -0.383 e. The van der Waals surface area contributed by atoms with Crippen LogP contribution in [0.25, 0.3) is 0 Å². The maximum Gasteiger partial charge on any atom is 0.129 e. The highest BCUT2D eigenvalue weighted by Crippen LogP contribution is 2.23. The van der Waals surface area contributed by atoms with Gasteiger partial charge >= 0.3 is 0 Å². The first-order valence-electron chi connectivity index (χ1n) is 6.77. The van der Waals surface area contributed by atoms with Gasteiger partial charge in [0.25, 0.3) is 0 Å². The summed E-state index contributed by atoms with van der Waals surface area (Å²) in [5.74, 6) is -0.192. The van der Waals surface area contributed by atoms with Crippen molar-refractivity contribution in [1.82, 2.24) is 10.3 Å². The Hall–Kier alpha value is -1.50. The number of methoxy groups -OCH3 is 1. The van der Waals surface area contributed by atoms with E-state index in [1.807, 2.05) is 28.9 Å². The van der Waals surface area contributed by atoms with Crippen molar-refractivity contribution in [3.63, 3.8) is 0 Å². The van der Waals surface area contributed by atoms with E-state index in [0.29, 0.717) is 31.8 Å². The molecule has 1 heterocycles. The number of rotatable bonds is 8. The third-order valence-corrected chi connectivity index (χ3v) is 3.81. The van der Waals surface area contributed by atoms with Gasteiger partial charge in [-0.3, -0.25) is 0 Å². The highest BCUT2D eigenvalue weighted by molar-refractivity contribution is 7.07. The van der Waals surface area contributed by atoms with Gasteiger partial charge in [0.15, 0.2) is 0 Å². The van der Waals surface area contributed by atoms with Crippen molar-refractivity contribution in [3.8, 4) is 0 Å². The zero-order chi connectivity index (χ0) is 15.1. The lowest BCUT2D eigenvalue weighted by Gasteiger charge is -2.22. The maximum absolute atomic E-state index is 14.1. The van der Waals surface area contributed by atoms with Gasteiger partial charge in [-0.15, -0.1) is 11.3 Å². The van der Waals surface area contributed by atoms with E-state index in [2.05, 4.69) is 10.3 Å². The van der Waals surface area contributed by atoms with Gasteiger partial charge in [0.05, 0.1) is 24.4 Å². The molecule has 0 saturated carbocycles. The molecule has 0 spiro atoms. The third kappa shape index (κ3) is 4.49. The monoisotopic (exact) mass is 309 g/mol. The van der Waals surface area contributed by atoms with E-state index in [1.54, 1.807) is 24.5 Å². The summed E-state index contributed by atoms with van der Waals surface area (Å²) in [6, 6.07) is 5.16. The zero-order valence-corrected chi connectivity index (χ0v) is 13.1. The Morgan fingerprint density at radius 1 is 1.43 bits per heavy atom. The number of hydrogen-bond donors (Lipinski definition) is 1. The summed E-state index contributed by atoms with van der Waals surface area (Å²) in [6.07, 6.45) is 0. The fraction of sp³-hybridized carbons (Fsp3) is 0.400. The van der Waals surface area contributed by atoms with Gasteiger partial charge in [0, 0.05) is 43.9 Å². The number of nitrogens with one attached hydrogen (secondary N) is 1. The van der Waals surface area contributed by atoms with Crippen LogP contribution in [0.2, 0.25) is 0 Å². The number of nitrogens with zero attached hydrogens (tertiary/aromatic N) is 2. The normalized spacial score (nSPS) is 10.8. The summed E-state index contributed by atoms with van der Waals surface area (Å²) in [5.41, 5.74) is 4.35. The van der Waals surface area contributed by atoms with Crippen molar-refractivity contribution in [2.24, 2.45) is 0 Å². The van der Waals surface area contributed by atoms with Crippen molar-refractivity contribution in [2.45, 2.75) is 13.1 Å². The zero-order valence-electron chi connectivity index (χ0n) is 12.3. The molecule has 2 aromatic rings. The van der Waals surface area contributed by atoms with Crippen molar-refractivity contribution < 1.29 is 9.13 Å². The summed E-state index contributed by atoms with van der Waals surface area (Å²) >= 11 is 1.57. The molecule has 4 nitrogen and oxygen atoms in total.